The first-order valence-electron chi connectivity index (χ1n) is 13.5. The van der Waals surface area contributed by atoms with Gasteiger partial charge >= 0.3 is 5.97 Å². The number of carbonyl (C=O) groups excluding carboxylic acids is 1. The summed E-state index contributed by atoms with van der Waals surface area (Å²) in [6.07, 6.45) is -0.451. The van der Waals surface area contributed by atoms with Crippen LogP contribution in [0.4, 0.5) is 0 Å². The molecule has 196 valence electrons. The molecule has 2 saturated heterocycles. The lowest BCUT2D eigenvalue weighted by Gasteiger charge is -2.54. The van der Waals surface area contributed by atoms with Crippen molar-refractivity contribution in [2.75, 3.05) is 0 Å². The second-order valence-electron chi connectivity index (χ2n) is 11.1. The zero-order valence-corrected chi connectivity index (χ0v) is 21.4. The molecule has 4 aromatic rings. The summed E-state index contributed by atoms with van der Waals surface area (Å²) >= 11 is 0. The molecular formula is C34H30O5. The van der Waals surface area contributed by atoms with Gasteiger partial charge in [0.25, 0.3) is 0 Å². The van der Waals surface area contributed by atoms with E-state index in [2.05, 4.69) is 0 Å². The fourth-order valence-corrected chi connectivity index (χ4v) is 7.49. The molecule has 3 fully saturated rings. The van der Waals surface area contributed by atoms with E-state index in [1.807, 2.05) is 109 Å². The lowest BCUT2D eigenvalue weighted by Crippen LogP contribution is -2.70. The van der Waals surface area contributed by atoms with Gasteiger partial charge < -0.3 is 19.7 Å². The Morgan fingerprint density at radius 3 is 1.82 bits per heavy atom. The van der Waals surface area contributed by atoms with Gasteiger partial charge in [-0.05, 0) is 28.7 Å². The zero-order chi connectivity index (χ0) is 26.7. The minimum absolute atomic E-state index is 0.196. The van der Waals surface area contributed by atoms with E-state index < -0.39 is 40.4 Å². The van der Waals surface area contributed by atoms with Crippen LogP contribution in [-0.4, -0.2) is 39.1 Å². The highest BCUT2D eigenvalue weighted by molar-refractivity contribution is 5.92. The first kappa shape index (κ1) is 24.3. The maximum atomic E-state index is 14.2. The first-order chi connectivity index (χ1) is 19.0. The Hall–Kier alpha value is -3.77. The van der Waals surface area contributed by atoms with Crippen LogP contribution in [0.3, 0.4) is 0 Å². The maximum Gasteiger partial charge on any atom is 0.342 e. The molecule has 2 aliphatic heterocycles. The van der Waals surface area contributed by atoms with E-state index in [9.17, 15) is 15.0 Å². The van der Waals surface area contributed by atoms with Crippen molar-refractivity contribution in [3.63, 3.8) is 0 Å². The summed E-state index contributed by atoms with van der Waals surface area (Å²) in [4.78, 5) is 14.2. The van der Waals surface area contributed by atoms with Crippen LogP contribution in [0.5, 0.6) is 0 Å². The molecule has 1 saturated carbocycles. The molecule has 0 bridgehead atoms. The molecule has 3 aliphatic rings. The number of hydrogen-bond donors (Lipinski definition) is 2. The van der Waals surface area contributed by atoms with Gasteiger partial charge in [-0.2, -0.15) is 0 Å². The highest BCUT2D eigenvalue weighted by Crippen LogP contribution is 2.76. The van der Waals surface area contributed by atoms with Crippen molar-refractivity contribution in [2.45, 2.75) is 53.7 Å². The number of esters is 1. The van der Waals surface area contributed by atoms with Gasteiger partial charge in [-0.25, -0.2) is 4.79 Å². The molecular weight excluding hydrogens is 488 g/mol. The van der Waals surface area contributed by atoms with E-state index in [-0.39, 0.29) is 12.8 Å². The largest absolute Gasteiger partial charge is 0.452 e. The highest BCUT2D eigenvalue weighted by Gasteiger charge is 2.98. The van der Waals surface area contributed by atoms with E-state index >= 15 is 0 Å². The van der Waals surface area contributed by atoms with Crippen molar-refractivity contribution in [2.24, 2.45) is 0 Å². The molecule has 1 spiro atoms. The van der Waals surface area contributed by atoms with Crippen LogP contribution in [0, 0.1) is 0 Å². The second-order valence-corrected chi connectivity index (χ2v) is 11.1. The molecule has 5 nitrogen and oxygen atoms in total. The van der Waals surface area contributed by atoms with Crippen molar-refractivity contribution in [1.29, 1.82) is 0 Å². The van der Waals surface area contributed by atoms with Crippen LogP contribution in [0.2, 0.25) is 0 Å². The van der Waals surface area contributed by atoms with Crippen molar-refractivity contribution in [3.05, 3.63) is 144 Å². The van der Waals surface area contributed by atoms with Crippen LogP contribution in [-0.2, 0) is 32.7 Å². The normalized spacial score (nSPS) is 34.6. The van der Waals surface area contributed by atoms with Crippen LogP contribution in [0.25, 0.3) is 0 Å². The summed E-state index contributed by atoms with van der Waals surface area (Å²) in [6, 6.07) is 38.5. The minimum atomic E-state index is -1.89. The fraction of sp³-hybridized carbons (Fsp3) is 0.265. The predicted molar refractivity (Wildman–Crippen MR) is 146 cm³/mol. The van der Waals surface area contributed by atoms with E-state index in [4.69, 9.17) is 9.47 Å². The van der Waals surface area contributed by atoms with Gasteiger partial charge in [-0.1, -0.05) is 121 Å². The third-order valence-electron chi connectivity index (χ3n) is 9.12. The molecule has 0 unspecified atom stereocenters. The zero-order valence-electron chi connectivity index (χ0n) is 21.4. The number of rotatable bonds is 6. The smallest absolute Gasteiger partial charge is 0.342 e. The van der Waals surface area contributed by atoms with E-state index in [0.717, 1.165) is 16.7 Å². The molecule has 4 aromatic carbocycles. The Bertz CT molecular complexity index is 1490. The molecule has 0 radical (unpaired) electrons. The molecule has 0 aromatic heterocycles. The lowest BCUT2D eigenvalue weighted by molar-refractivity contribution is -0.237. The molecule has 2 heterocycles. The average molecular weight is 519 g/mol. The number of benzene rings is 4. The summed E-state index contributed by atoms with van der Waals surface area (Å²) in [5.41, 5.74) is -2.86. The molecule has 7 rings (SSSR count). The Morgan fingerprint density at radius 2 is 1.23 bits per heavy atom. The van der Waals surface area contributed by atoms with Gasteiger partial charge in [0.2, 0.25) is 5.60 Å². The van der Waals surface area contributed by atoms with Crippen LogP contribution in [0.15, 0.2) is 121 Å². The van der Waals surface area contributed by atoms with Crippen molar-refractivity contribution in [3.8, 4) is 0 Å². The number of ether oxygens (including phenoxy) is 2. The molecule has 0 amide bonds. The summed E-state index contributed by atoms with van der Waals surface area (Å²) < 4.78 is 13.3. The second kappa shape index (κ2) is 8.62. The number of hydrogen-bond acceptors (Lipinski definition) is 5. The van der Waals surface area contributed by atoms with E-state index in [1.165, 1.54) is 0 Å². The van der Waals surface area contributed by atoms with Gasteiger partial charge in [0.15, 0.2) is 16.8 Å². The molecule has 39 heavy (non-hydrogen) atoms. The van der Waals surface area contributed by atoms with Gasteiger partial charge in [0, 0.05) is 18.8 Å². The Balaban J connectivity index is 1.50. The Morgan fingerprint density at radius 1 is 0.718 bits per heavy atom. The number of epoxide rings is 1. The number of carbonyl (C=O) groups is 1. The molecule has 2 N–H and O–H groups in total. The summed E-state index contributed by atoms with van der Waals surface area (Å²) in [7, 11) is 0. The van der Waals surface area contributed by atoms with E-state index in [1.54, 1.807) is 12.1 Å². The van der Waals surface area contributed by atoms with Gasteiger partial charge in [-0.3, -0.25) is 0 Å². The number of aliphatic hydroxyl groups is 2. The minimum Gasteiger partial charge on any atom is -0.452 e. The Labute approximate surface area is 227 Å². The topological polar surface area (TPSA) is 79.3 Å². The number of aliphatic hydroxyl groups excluding tert-OH is 1. The third kappa shape index (κ3) is 3.15. The SMILES string of the molecule is O=C1O[C@]2(Cc3ccccc3)[C@@H](c3ccccc3)C[C@H](O)[C@](O)(c3ccccc3)[C@]23O[C@]13Cc1ccccc1. The summed E-state index contributed by atoms with van der Waals surface area (Å²) in [5.74, 6) is -0.909. The third-order valence-corrected chi connectivity index (χ3v) is 9.12. The maximum absolute atomic E-state index is 14.2. The Kier molecular flexibility index (Phi) is 5.37. The molecule has 5 heteroatoms. The first-order valence-corrected chi connectivity index (χ1v) is 13.5. The standard InChI is InChI=1S/C34H30O5/c35-29-21-28(26-17-9-3-10-18-26)31(22-24-13-5-1-6-14-24)34(33(29,37)27-19-11-4-12-20-27)32(39-34,30(36)38-31)23-25-15-7-2-8-16-25/h1-20,28-29,35,37H,21-23H2/t28-,29+,31-,32-,33-,34+/m1/s1. The fourth-order valence-electron chi connectivity index (χ4n) is 7.49. The van der Waals surface area contributed by atoms with Gasteiger partial charge in [0.1, 0.15) is 0 Å². The lowest BCUT2D eigenvalue weighted by atomic mass is 9.52. The van der Waals surface area contributed by atoms with Crippen molar-refractivity contribution in [1.82, 2.24) is 0 Å². The van der Waals surface area contributed by atoms with E-state index in [0.29, 0.717) is 12.0 Å². The predicted octanol–water partition coefficient (Wildman–Crippen LogP) is 4.71. The summed E-state index contributed by atoms with van der Waals surface area (Å²) in [6.45, 7) is 0. The van der Waals surface area contributed by atoms with Crippen LogP contribution >= 0.6 is 0 Å². The molecule has 1 aliphatic carbocycles. The quantitative estimate of drug-likeness (QED) is 0.286. The average Bonchev–Trinajstić information content (AvgIpc) is 3.62. The molecule has 6 atom stereocenters. The van der Waals surface area contributed by atoms with Crippen LogP contribution in [0.1, 0.15) is 34.6 Å². The van der Waals surface area contributed by atoms with Crippen LogP contribution < -0.4 is 0 Å². The van der Waals surface area contributed by atoms with Gasteiger partial charge in [-0.15, -0.1) is 0 Å². The highest BCUT2D eigenvalue weighted by atomic mass is 16.7. The van der Waals surface area contributed by atoms with Crippen molar-refractivity contribution >= 4 is 5.97 Å². The summed E-state index contributed by atoms with van der Waals surface area (Å²) in [5, 5.41) is 24.7. The van der Waals surface area contributed by atoms with Gasteiger partial charge in [0.05, 0.1) is 6.10 Å². The van der Waals surface area contributed by atoms with Crippen molar-refractivity contribution < 1.29 is 24.5 Å². The monoisotopic (exact) mass is 518 g/mol.